The Labute approximate surface area is 162 Å². The molecule has 1 aromatic carbocycles. The molecule has 0 aliphatic carbocycles. The van der Waals surface area contributed by atoms with Crippen molar-refractivity contribution in [1.29, 1.82) is 0 Å². The molecule has 4 N–H and O–H groups in total. The van der Waals surface area contributed by atoms with E-state index in [1.54, 1.807) is 19.3 Å². The summed E-state index contributed by atoms with van der Waals surface area (Å²) in [5.41, 5.74) is 8.30. The summed E-state index contributed by atoms with van der Waals surface area (Å²) in [6, 6.07) is 12.9. The van der Waals surface area contributed by atoms with Crippen LogP contribution in [0.2, 0.25) is 0 Å². The van der Waals surface area contributed by atoms with Crippen molar-refractivity contribution in [3.05, 3.63) is 70.3 Å². The third kappa shape index (κ3) is 4.17. The summed E-state index contributed by atoms with van der Waals surface area (Å²) in [5.74, 6) is 0.331. The molecule has 28 heavy (non-hydrogen) atoms. The van der Waals surface area contributed by atoms with E-state index in [1.165, 1.54) is 4.57 Å². The zero-order chi connectivity index (χ0) is 20.1. The van der Waals surface area contributed by atoms with E-state index in [2.05, 4.69) is 20.6 Å². The number of amides is 1. The summed E-state index contributed by atoms with van der Waals surface area (Å²) in [5, 5.41) is 5.59. The number of nitrogens with two attached hydrogens (primary N) is 1. The zero-order valence-corrected chi connectivity index (χ0v) is 15.8. The van der Waals surface area contributed by atoms with Crippen molar-refractivity contribution in [2.45, 2.75) is 20.0 Å². The van der Waals surface area contributed by atoms with Crippen molar-refractivity contribution in [1.82, 2.24) is 19.9 Å². The first-order chi connectivity index (χ1) is 13.5. The number of anilines is 2. The second kappa shape index (κ2) is 8.34. The molecule has 0 unspecified atom stereocenters. The Morgan fingerprint density at radius 3 is 2.61 bits per heavy atom. The fourth-order valence-electron chi connectivity index (χ4n) is 2.85. The van der Waals surface area contributed by atoms with E-state index in [9.17, 15) is 9.59 Å². The van der Waals surface area contributed by atoms with Crippen molar-refractivity contribution in [3.8, 4) is 11.3 Å². The van der Waals surface area contributed by atoms with Crippen molar-refractivity contribution >= 4 is 17.5 Å². The number of carbonyl (C=O) groups is 1. The lowest BCUT2D eigenvalue weighted by molar-refractivity contribution is -0.121. The lowest BCUT2D eigenvalue weighted by atomic mass is 10.1. The zero-order valence-electron chi connectivity index (χ0n) is 15.8. The molecule has 3 aromatic rings. The quantitative estimate of drug-likeness (QED) is 0.600. The van der Waals surface area contributed by atoms with Gasteiger partial charge in [-0.1, -0.05) is 36.4 Å². The van der Waals surface area contributed by atoms with Gasteiger partial charge in [0, 0.05) is 19.3 Å². The molecule has 2 aromatic heterocycles. The molecule has 0 bridgehead atoms. The highest BCUT2D eigenvalue weighted by Gasteiger charge is 2.14. The standard InChI is InChI=1S/C20H22N6O2/c1-13-15(8-9-17(21)25-13)10-23-18(27)12-26-16(14-6-4-3-5-7-14)11-24-19(22-2)20(26)28/h3-9,11H,10,12H2,1-2H3,(H2,21,25)(H,22,24)(H,23,27). The number of aromatic nitrogens is 3. The van der Waals surface area contributed by atoms with Gasteiger partial charge < -0.3 is 16.4 Å². The summed E-state index contributed by atoms with van der Waals surface area (Å²) in [4.78, 5) is 33.6. The highest BCUT2D eigenvalue weighted by molar-refractivity contribution is 5.77. The fourth-order valence-corrected chi connectivity index (χ4v) is 2.85. The van der Waals surface area contributed by atoms with Crippen molar-refractivity contribution < 1.29 is 4.79 Å². The number of hydrogen-bond acceptors (Lipinski definition) is 6. The molecule has 8 heteroatoms. The fraction of sp³-hybridized carbons (Fsp3) is 0.200. The van der Waals surface area contributed by atoms with E-state index in [0.717, 1.165) is 16.8 Å². The predicted molar refractivity (Wildman–Crippen MR) is 109 cm³/mol. The van der Waals surface area contributed by atoms with Gasteiger partial charge in [-0.05, 0) is 24.1 Å². The summed E-state index contributed by atoms with van der Waals surface area (Å²) in [7, 11) is 1.62. The van der Waals surface area contributed by atoms with E-state index < -0.39 is 0 Å². The second-order valence-corrected chi connectivity index (χ2v) is 6.26. The number of hydrogen-bond donors (Lipinski definition) is 3. The van der Waals surface area contributed by atoms with E-state index >= 15 is 0 Å². The highest BCUT2D eigenvalue weighted by atomic mass is 16.2. The Hall–Kier alpha value is -3.68. The lowest BCUT2D eigenvalue weighted by Crippen LogP contribution is -2.34. The van der Waals surface area contributed by atoms with Crippen LogP contribution in [-0.4, -0.2) is 27.5 Å². The molecule has 0 fully saturated rings. The van der Waals surface area contributed by atoms with Crippen LogP contribution in [0.4, 0.5) is 11.6 Å². The molecular formula is C20H22N6O2. The minimum atomic E-state index is -0.357. The molecule has 2 heterocycles. The first-order valence-corrected chi connectivity index (χ1v) is 8.81. The number of carbonyl (C=O) groups excluding carboxylic acids is 1. The summed E-state index contributed by atoms with van der Waals surface area (Å²) in [6.45, 7) is 2.01. The Kier molecular flexibility index (Phi) is 5.69. The van der Waals surface area contributed by atoms with Crippen LogP contribution in [-0.2, 0) is 17.9 Å². The van der Waals surface area contributed by atoms with Crippen LogP contribution in [0, 0.1) is 6.92 Å². The van der Waals surface area contributed by atoms with Gasteiger partial charge in [0.25, 0.3) is 5.56 Å². The molecule has 0 atom stereocenters. The Morgan fingerprint density at radius 2 is 1.93 bits per heavy atom. The monoisotopic (exact) mass is 378 g/mol. The van der Waals surface area contributed by atoms with Gasteiger partial charge in [-0.2, -0.15) is 0 Å². The normalized spacial score (nSPS) is 10.5. The van der Waals surface area contributed by atoms with E-state index in [-0.39, 0.29) is 23.8 Å². The van der Waals surface area contributed by atoms with Crippen molar-refractivity contribution in [2.24, 2.45) is 0 Å². The summed E-state index contributed by atoms with van der Waals surface area (Å²) >= 11 is 0. The van der Waals surface area contributed by atoms with Gasteiger partial charge in [0.1, 0.15) is 12.4 Å². The van der Waals surface area contributed by atoms with Gasteiger partial charge in [0.2, 0.25) is 5.91 Å². The minimum absolute atomic E-state index is 0.123. The van der Waals surface area contributed by atoms with Gasteiger partial charge in [-0.15, -0.1) is 0 Å². The Bertz CT molecular complexity index is 1050. The van der Waals surface area contributed by atoms with E-state index in [0.29, 0.717) is 18.1 Å². The van der Waals surface area contributed by atoms with Crippen LogP contribution in [0.3, 0.4) is 0 Å². The van der Waals surface area contributed by atoms with Gasteiger partial charge >= 0.3 is 0 Å². The topological polar surface area (TPSA) is 115 Å². The third-order valence-corrected chi connectivity index (χ3v) is 4.36. The Morgan fingerprint density at radius 1 is 1.18 bits per heavy atom. The number of aryl methyl sites for hydroxylation is 1. The number of benzene rings is 1. The van der Waals surface area contributed by atoms with Crippen LogP contribution in [0.1, 0.15) is 11.3 Å². The molecule has 0 saturated heterocycles. The van der Waals surface area contributed by atoms with E-state index in [4.69, 9.17) is 5.73 Å². The average molecular weight is 378 g/mol. The molecule has 0 radical (unpaired) electrons. The summed E-state index contributed by atoms with van der Waals surface area (Å²) < 4.78 is 1.41. The molecule has 0 aliphatic heterocycles. The van der Waals surface area contributed by atoms with Crippen LogP contribution < -0.4 is 21.9 Å². The number of pyridine rings is 1. The van der Waals surface area contributed by atoms with Gasteiger partial charge in [0.05, 0.1) is 11.9 Å². The molecule has 144 valence electrons. The maximum absolute atomic E-state index is 12.7. The molecule has 0 spiro atoms. The first-order valence-electron chi connectivity index (χ1n) is 8.81. The van der Waals surface area contributed by atoms with Crippen LogP contribution in [0.15, 0.2) is 53.5 Å². The average Bonchev–Trinajstić information content (AvgIpc) is 2.69. The molecule has 3 rings (SSSR count). The van der Waals surface area contributed by atoms with E-state index in [1.807, 2.05) is 43.3 Å². The first kappa shape index (κ1) is 19.1. The van der Waals surface area contributed by atoms with Gasteiger partial charge in [0.15, 0.2) is 5.82 Å². The van der Waals surface area contributed by atoms with Crippen molar-refractivity contribution in [2.75, 3.05) is 18.1 Å². The number of rotatable bonds is 6. The second-order valence-electron chi connectivity index (χ2n) is 6.26. The Balaban J connectivity index is 1.84. The van der Waals surface area contributed by atoms with Crippen LogP contribution in [0.25, 0.3) is 11.3 Å². The van der Waals surface area contributed by atoms with Gasteiger partial charge in [-0.3, -0.25) is 14.2 Å². The minimum Gasteiger partial charge on any atom is -0.384 e. The highest BCUT2D eigenvalue weighted by Crippen LogP contribution is 2.17. The van der Waals surface area contributed by atoms with Crippen LogP contribution >= 0.6 is 0 Å². The third-order valence-electron chi connectivity index (χ3n) is 4.36. The van der Waals surface area contributed by atoms with Crippen LogP contribution in [0.5, 0.6) is 0 Å². The molecule has 8 nitrogen and oxygen atoms in total. The van der Waals surface area contributed by atoms with Gasteiger partial charge in [-0.25, -0.2) is 9.97 Å². The molecule has 0 saturated carbocycles. The maximum atomic E-state index is 12.7. The summed E-state index contributed by atoms with van der Waals surface area (Å²) in [6.07, 6.45) is 1.59. The molecular weight excluding hydrogens is 356 g/mol. The largest absolute Gasteiger partial charge is 0.384 e. The SMILES string of the molecule is CNc1ncc(-c2ccccc2)n(CC(=O)NCc2ccc(N)nc2C)c1=O. The predicted octanol–water partition coefficient (Wildman–Crippen LogP) is 1.55. The number of nitrogens with one attached hydrogen (secondary N) is 2. The molecule has 1 amide bonds. The maximum Gasteiger partial charge on any atom is 0.294 e. The van der Waals surface area contributed by atoms with Crippen molar-refractivity contribution in [3.63, 3.8) is 0 Å². The number of nitrogen functional groups attached to an aromatic ring is 1. The number of nitrogens with zero attached hydrogens (tertiary/aromatic N) is 3. The lowest BCUT2D eigenvalue weighted by Gasteiger charge is -2.14. The smallest absolute Gasteiger partial charge is 0.294 e. The molecule has 0 aliphatic rings.